The molecule has 1 aliphatic heterocycles. The van der Waals surface area contributed by atoms with Gasteiger partial charge in [-0.2, -0.15) is 0 Å². The van der Waals surface area contributed by atoms with Crippen LogP contribution >= 0.6 is 12.4 Å². The fourth-order valence-electron chi connectivity index (χ4n) is 2.86. The third kappa shape index (κ3) is 4.43. The Bertz CT molecular complexity index is 463. The maximum Gasteiger partial charge on any atom is 0.225 e. The summed E-state index contributed by atoms with van der Waals surface area (Å²) in [6.07, 6.45) is 2.29. The number of nitrogens with zero attached hydrogens (tertiary/aromatic N) is 1. The summed E-state index contributed by atoms with van der Waals surface area (Å²) in [5.74, 6) is 0.145. The summed E-state index contributed by atoms with van der Waals surface area (Å²) in [6, 6.07) is 8.63. The highest BCUT2D eigenvalue weighted by Crippen LogP contribution is 2.32. The molecule has 0 aliphatic carbocycles. The van der Waals surface area contributed by atoms with Gasteiger partial charge in [-0.25, -0.2) is 0 Å². The Hall–Kier alpha value is -1.10. The van der Waals surface area contributed by atoms with Crippen molar-refractivity contribution in [3.05, 3.63) is 35.4 Å². The second-order valence-electron chi connectivity index (χ2n) is 5.46. The lowest BCUT2D eigenvalue weighted by Gasteiger charge is -2.27. The Morgan fingerprint density at radius 3 is 2.90 bits per heavy atom. The van der Waals surface area contributed by atoms with Gasteiger partial charge < -0.3 is 15.4 Å². The molecule has 0 aromatic heterocycles. The van der Waals surface area contributed by atoms with Gasteiger partial charge in [-0.1, -0.05) is 29.8 Å². The van der Waals surface area contributed by atoms with Gasteiger partial charge in [0, 0.05) is 20.2 Å². The number of aryl methyl sites for hydroxylation is 1. The van der Waals surface area contributed by atoms with Crippen LogP contribution in [0.15, 0.2) is 24.3 Å². The molecule has 21 heavy (non-hydrogen) atoms. The summed E-state index contributed by atoms with van der Waals surface area (Å²) < 4.78 is 5.22. The van der Waals surface area contributed by atoms with Crippen LogP contribution in [0.5, 0.6) is 0 Å². The summed E-state index contributed by atoms with van der Waals surface area (Å²) >= 11 is 0. The van der Waals surface area contributed by atoms with E-state index in [1.807, 2.05) is 4.90 Å². The Labute approximate surface area is 133 Å². The Balaban J connectivity index is 0.00000220. The van der Waals surface area contributed by atoms with Gasteiger partial charge in [0.15, 0.2) is 0 Å². The quantitative estimate of drug-likeness (QED) is 0.908. The van der Waals surface area contributed by atoms with Crippen molar-refractivity contribution in [1.82, 2.24) is 4.90 Å². The van der Waals surface area contributed by atoms with Crippen LogP contribution in [0, 0.1) is 6.92 Å². The lowest BCUT2D eigenvalue weighted by Crippen LogP contribution is -2.35. The number of carbonyl (C=O) groups is 1. The van der Waals surface area contributed by atoms with E-state index in [0.29, 0.717) is 13.0 Å². The van der Waals surface area contributed by atoms with Crippen LogP contribution in [0.4, 0.5) is 0 Å². The number of hydrogen-bond acceptors (Lipinski definition) is 3. The first-order chi connectivity index (χ1) is 9.65. The minimum atomic E-state index is -0.179. The summed E-state index contributed by atoms with van der Waals surface area (Å²) in [5.41, 5.74) is 8.07. The third-order valence-electron chi connectivity index (χ3n) is 4.00. The maximum absolute atomic E-state index is 12.4. The predicted octanol–water partition coefficient (Wildman–Crippen LogP) is 2.44. The lowest BCUT2D eigenvalue weighted by atomic mass is 10.0. The van der Waals surface area contributed by atoms with Crippen LogP contribution in [-0.2, 0) is 9.53 Å². The highest BCUT2D eigenvalue weighted by Gasteiger charge is 2.30. The van der Waals surface area contributed by atoms with E-state index in [1.165, 1.54) is 11.1 Å². The molecule has 2 unspecified atom stereocenters. The van der Waals surface area contributed by atoms with Gasteiger partial charge in [-0.05, 0) is 25.3 Å². The minimum Gasteiger partial charge on any atom is -0.380 e. The van der Waals surface area contributed by atoms with Gasteiger partial charge in [0.1, 0.15) is 0 Å². The summed E-state index contributed by atoms with van der Waals surface area (Å²) in [5, 5.41) is 0. The molecule has 2 atom stereocenters. The molecule has 1 fully saturated rings. The Morgan fingerprint density at radius 2 is 2.29 bits per heavy atom. The lowest BCUT2D eigenvalue weighted by molar-refractivity contribution is -0.134. The number of rotatable bonds is 5. The van der Waals surface area contributed by atoms with E-state index in [-0.39, 0.29) is 30.5 Å². The fourth-order valence-corrected chi connectivity index (χ4v) is 2.86. The van der Waals surface area contributed by atoms with E-state index in [2.05, 4.69) is 31.2 Å². The monoisotopic (exact) mass is 312 g/mol. The number of carbonyl (C=O) groups excluding carboxylic acids is 1. The number of halogens is 1. The molecule has 0 bridgehead atoms. The molecule has 118 valence electrons. The van der Waals surface area contributed by atoms with E-state index >= 15 is 0 Å². The molecular formula is C16H25ClN2O2. The molecule has 1 aliphatic rings. The average Bonchev–Trinajstić information content (AvgIpc) is 2.94. The molecule has 1 aromatic rings. The van der Waals surface area contributed by atoms with E-state index < -0.39 is 0 Å². The van der Waals surface area contributed by atoms with Crippen molar-refractivity contribution in [2.45, 2.75) is 38.3 Å². The standard InChI is InChI=1S/C16H24N2O2.ClH/c1-12-5-3-6-13(9-12)15-7-4-8-18(15)16(19)10-14(11-17)20-2;/h3,5-6,9,14-15H,4,7-8,10-11,17H2,1-2H3;1H. The van der Waals surface area contributed by atoms with Crippen LogP contribution < -0.4 is 5.73 Å². The summed E-state index contributed by atoms with van der Waals surface area (Å²) in [6.45, 7) is 3.30. The van der Waals surface area contributed by atoms with Crippen molar-refractivity contribution in [2.24, 2.45) is 5.73 Å². The number of nitrogens with two attached hydrogens (primary N) is 1. The van der Waals surface area contributed by atoms with Gasteiger partial charge in [-0.15, -0.1) is 12.4 Å². The van der Waals surface area contributed by atoms with Gasteiger partial charge in [-0.3, -0.25) is 4.79 Å². The molecule has 1 amide bonds. The average molecular weight is 313 g/mol. The van der Waals surface area contributed by atoms with Gasteiger partial charge >= 0.3 is 0 Å². The molecule has 0 spiro atoms. The van der Waals surface area contributed by atoms with Gasteiger partial charge in [0.05, 0.1) is 18.6 Å². The number of likely N-dealkylation sites (tertiary alicyclic amines) is 1. The van der Waals surface area contributed by atoms with E-state index in [4.69, 9.17) is 10.5 Å². The molecule has 1 saturated heterocycles. The molecule has 4 nitrogen and oxygen atoms in total. The fraction of sp³-hybridized carbons (Fsp3) is 0.562. The molecule has 5 heteroatoms. The number of benzene rings is 1. The van der Waals surface area contributed by atoms with Crippen LogP contribution in [-0.4, -0.2) is 37.1 Å². The first-order valence-electron chi connectivity index (χ1n) is 7.24. The first-order valence-corrected chi connectivity index (χ1v) is 7.24. The number of methoxy groups -OCH3 is 1. The predicted molar refractivity (Wildman–Crippen MR) is 86.6 cm³/mol. The topological polar surface area (TPSA) is 55.6 Å². The SMILES string of the molecule is COC(CN)CC(=O)N1CCCC1c1cccc(C)c1.Cl. The van der Waals surface area contributed by atoms with E-state index in [9.17, 15) is 4.79 Å². The zero-order chi connectivity index (χ0) is 14.5. The van der Waals surface area contributed by atoms with E-state index in [1.54, 1.807) is 7.11 Å². The number of ether oxygens (including phenoxy) is 1. The van der Waals surface area contributed by atoms with Crippen LogP contribution in [0.1, 0.15) is 36.4 Å². The van der Waals surface area contributed by atoms with Crippen LogP contribution in [0.2, 0.25) is 0 Å². The second kappa shape index (κ2) is 8.37. The van der Waals surface area contributed by atoms with E-state index in [0.717, 1.165) is 19.4 Å². The number of hydrogen-bond donors (Lipinski definition) is 1. The molecular weight excluding hydrogens is 288 g/mol. The highest BCUT2D eigenvalue weighted by atomic mass is 35.5. The molecule has 0 radical (unpaired) electrons. The van der Waals surface area contributed by atoms with Crippen molar-refractivity contribution < 1.29 is 9.53 Å². The summed E-state index contributed by atoms with van der Waals surface area (Å²) in [4.78, 5) is 14.4. The zero-order valence-corrected chi connectivity index (χ0v) is 13.6. The third-order valence-corrected chi connectivity index (χ3v) is 4.00. The van der Waals surface area contributed by atoms with Crippen LogP contribution in [0.25, 0.3) is 0 Å². The largest absolute Gasteiger partial charge is 0.380 e. The van der Waals surface area contributed by atoms with Crippen molar-refractivity contribution in [3.8, 4) is 0 Å². The molecule has 1 heterocycles. The highest BCUT2D eigenvalue weighted by molar-refractivity contribution is 5.85. The second-order valence-corrected chi connectivity index (χ2v) is 5.46. The molecule has 0 saturated carbocycles. The molecule has 2 rings (SSSR count). The van der Waals surface area contributed by atoms with Crippen molar-refractivity contribution in [2.75, 3.05) is 20.2 Å². The van der Waals surface area contributed by atoms with Gasteiger partial charge in [0.2, 0.25) is 5.91 Å². The molecule has 2 N–H and O–H groups in total. The summed E-state index contributed by atoms with van der Waals surface area (Å²) in [7, 11) is 1.60. The minimum absolute atomic E-state index is 0. The van der Waals surface area contributed by atoms with Crippen molar-refractivity contribution >= 4 is 18.3 Å². The van der Waals surface area contributed by atoms with Crippen LogP contribution in [0.3, 0.4) is 0 Å². The van der Waals surface area contributed by atoms with Crippen molar-refractivity contribution in [1.29, 1.82) is 0 Å². The normalized spacial score (nSPS) is 19.2. The Kier molecular flexibility index (Phi) is 7.15. The zero-order valence-electron chi connectivity index (χ0n) is 12.7. The van der Waals surface area contributed by atoms with Gasteiger partial charge in [0.25, 0.3) is 0 Å². The van der Waals surface area contributed by atoms with Crippen molar-refractivity contribution in [3.63, 3.8) is 0 Å². The number of amides is 1. The first kappa shape index (κ1) is 18.0. The smallest absolute Gasteiger partial charge is 0.225 e. The molecule has 1 aromatic carbocycles. The Morgan fingerprint density at radius 1 is 1.52 bits per heavy atom. The maximum atomic E-state index is 12.4.